The number of halogens is 2. The summed E-state index contributed by atoms with van der Waals surface area (Å²) < 4.78 is 45.8. The molecule has 0 aromatic heterocycles. The Bertz CT molecular complexity index is 1010. The molecule has 0 radical (unpaired) electrons. The van der Waals surface area contributed by atoms with Gasteiger partial charge in [-0.05, 0) is 47.9 Å². The molecule has 1 aliphatic heterocycles. The quantitative estimate of drug-likeness (QED) is 0.471. The first-order valence-electron chi connectivity index (χ1n) is 11.3. The molecule has 4 atom stereocenters. The summed E-state index contributed by atoms with van der Waals surface area (Å²) >= 11 is 0. The summed E-state index contributed by atoms with van der Waals surface area (Å²) in [5.74, 6) is -3.42. The lowest BCUT2D eigenvalue weighted by Gasteiger charge is -2.33. The van der Waals surface area contributed by atoms with Gasteiger partial charge in [-0.2, -0.15) is 4.39 Å². The molecular formula is C27H34F2O4. The van der Waals surface area contributed by atoms with Crippen LogP contribution in [0.25, 0.3) is 0 Å². The minimum atomic E-state index is -1.07. The van der Waals surface area contributed by atoms with Gasteiger partial charge in [0.2, 0.25) is 12.1 Å². The molecule has 2 aromatic rings. The van der Waals surface area contributed by atoms with Gasteiger partial charge in [-0.15, -0.1) is 0 Å². The first kappa shape index (κ1) is 25.2. The topological polar surface area (TPSA) is 44.8 Å². The van der Waals surface area contributed by atoms with Crippen LogP contribution < -0.4 is 4.74 Å². The van der Waals surface area contributed by atoms with E-state index in [1.54, 1.807) is 12.1 Å². The second kappa shape index (κ2) is 9.05. The normalized spacial score (nSPS) is 25.4. The fourth-order valence-corrected chi connectivity index (χ4v) is 4.50. The second-order valence-corrected chi connectivity index (χ2v) is 10.4. The molecule has 0 amide bonds. The Morgan fingerprint density at radius 3 is 2.21 bits per heavy atom. The number of carbonyl (C=O) groups is 1. The molecule has 0 aliphatic carbocycles. The van der Waals surface area contributed by atoms with Gasteiger partial charge in [-0.25, -0.2) is 9.18 Å². The van der Waals surface area contributed by atoms with Gasteiger partial charge in [0.25, 0.3) is 0 Å². The Balaban J connectivity index is 1.98. The van der Waals surface area contributed by atoms with Crippen molar-refractivity contribution in [3.05, 3.63) is 64.7 Å². The van der Waals surface area contributed by atoms with Gasteiger partial charge >= 0.3 is 5.97 Å². The van der Waals surface area contributed by atoms with Crippen LogP contribution in [0.2, 0.25) is 0 Å². The first-order chi connectivity index (χ1) is 15.3. The van der Waals surface area contributed by atoms with Crippen LogP contribution in [0.15, 0.2) is 36.4 Å². The molecule has 6 heteroatoms. The van der Waals surface area contributed by atoms with Crippen LogP contribution in [-0.2, 0) is 14.9 Å². The Kier molecular flexibility index (Phi) is 6.90. The highest BCUT2D eigenvalue weighted by atomic mass is 19.2. The van der Waals surface area contributed by atoms with E-state index < -0.39 is 35.4 Å². The maximum absolute atomic E-state index is 14.5. The predicted octanol–water partition coefficient (Wildman–Crippen LogP) is 6.62. The van der Waals surface area contributed by atoms with Crippen LogP contribution >= 0.6 is 0 Å². The summed E-state index contributed by atoms with van der Waals surface area (Å²) in [7, 11) is 1.29. The maximum atomic E-state index is 14.5. The van der Waals surface area contributed by atoms with Gasteiger partial charge in [0.15, 0.2) is 11.6 Å². The largest absolute Gasteiger partial charge is 0.493 e. The fraction of sp³-hybridized carbons (Fsp3) is 0.519. The highest BCUT2D eigenvalue weighted by molar-refractivity contribution is 5.89. The molecule has 0 spiro atoms. The van der Waals surface area contributed by atoms with Crippen LogP contribution in [0, 0.1) is 23.5 Å². The Morgan fingerprint density at radius 1 is 1.09 bits per heavy atom. The predicted molar refractivity (Wildman–Crippen MR) is 123 cm³/mol. The highest BCUT2D eigenvalue weighted by Crippen LogP contribution is 2.52. The standard InChI is InChI=1S/C27H34F2O4/c1-15(2)27(7)16(3)21(19-13-14-20(28)22(29)23(19)31-8)25(33-27)32-24(30)17-9-11-18(12-10-17)26(4,5)6/h9-16,21,25H,1-8H3/t16-,21-,25+,27-/m0/s1. The van der Waals surface area contributed by atoms with E-state index in [1.807, 2.05) is 39.8 Å². The molecule has 1 aliphatic rings. The van der Waals surface area contributed by atoms with Crippen LogP contribution in [-0.4, -0.2) is 25.0 Å². The van der Waals surface area contributed by atoms with Crippen molar-refractivity contribution in [3.8, 4) is 5.75 Å². The van der Waals surface area contributed by atoms with Crippen molar-refractivity contribution in [2.24, 2.45) is 11.8 Å². The van der Waals surface area contributed by atoms with Crippen molar-refractivity contribution >= 4 is 5.97 Å². The molecular weight excluding hydrogens is 426 g/mol. The van der Waals surface area contributed by atoms with Gasteiger partial charge < -0.3 is 14.2 Å². The molecule has 180 valence electrons. The van der Waals surface area contributed by atoms with Gasteiger partial charge in [-0.3, -0.25) is 0 Å². The fourth-order valence-electron chi connectivity index (χ4n) is 4.50. The van der Waals surface area contributed by atoms with Crippen molar-refractivity contribution < 1.29 is 27.8 Å². The number of hydrogen-bond donors (Lipinski definition) is 0. The van der Waals surface area contributed by atoms with E-state index in [4.69, 9.17) is 14.2 Å². The van der Waals surface area contributed by atoms with E-state index in [2.05, 4.69) is 20.8 Å². The smallest absolute Gasteiger partial charge is 0.340 e. The Hall–Kier alpha value is -2.47. The van der Waals surface area contributed by atoms with Crippen molar-refractivity contribution in [1.29, 1.82) is 0 Å². The number of carbonyl (C=O) groups excluding carboxylic acids is 1. The molecule has 0 unspecified atom stereocenters. The minimum absolute atomic E-state index is 0.0419. The van der Waals surface area contributed by atoms with Gasteiger partial charge in [-0.1, -0.05) is 59.7 Å². The molecule has 1 saturated heterocycles. The summed E-state index contributed by atoms with van der Waals surface area (Å²) in [4.78, 5) is 13.0. The lowest BCUT2D eigenvalue weighted by molar-refractivity contribution is -0.158. The van der Waals surface area contributed by atoms with Crippen LogP contribution in [0.4, 0.5) is 8.78 Å². The molecule has 4 nitrogen and oxygen atoms in total. The summed E-state index contributed by atoms with van der Waals surface area (Å²) in [5, 5.41) is 0. The molecule has 33 heavy (non-hydrogen) atoms. The number of rotatable bonds is 5. The van der Waals surface area contributed by atoms with Crippen molar-refractivity contribution in [1.82, 2.24) is 0 Å². The van der Waals surface area contributed by atoms with Gasteiger partial charge in [0.05, 0.1) is 24.2 Å². The maximum Gasteiger partial charge on any atom is 0.340 e. The van der Waals surface area contributed by atoms with Crippen LogP contribution in [0.1, 0.15) is 75.9 Å². The average Bonchev–Trinajstić information content (AvgIpc) is 3.00. The van der Waals surface area contributed by atoms with E-state index in [0.717, 1.165) is 11.6 Å². The third kappa shape index (κ3) is 4.63. The zero-order valence-corrected chi connectivity index (χ0v) is 20.7. The van der Waals surface area contributed by atoms with Crippen LogP contribution in [0.5, 0.6) is 5.75 Å². The Labute approximate surface area is 195 Å². The van der Waals surface area contributed by atoms with Crippen molar-refractivity contribution in [2.75, 3.05) is 7.11 Å². The summed E-state index contributed by atoms with van der Waals surface area (Å²) in [6.07, 6.45) is -0.985. The zero-order valence-electron chi connectivity index (χ0n) is 20.7. The molecule has 3 rings (SSSR count). The van der Waals surface area contributed by atoms with Gasteiger partial charge in [0, 0.05) is 5.56 Å². The van der Waals surface area contributed by atoms with E-state index in [1.165, 1.54) is 13.2 Å². The number of benzene rings is 2. The van der Waals surface area contributed by atoms with E-state index in [0.29, 0.717) is 11.1 Å². The SMILES string of the molecule is COc1c([C@H]2[C@H](OC(=O)c3ccc(C(C)(C)C)cc3)O[C@@](C)(C(C)C)[C@H]2C)ccc(F)c1F. The molecule has 2 aromatic carbocycles. The lowest BCUT2D eigenvalue weighted by atomic mass is 9.74. The summed E-state index contributed by atoms with van der Waals surface area (Å²) in [6, 6.07) is 9.82. The number of methoxy groups -OCH3 is 1. The van der Waals surface area contributed by atoms with E-state index >= 15 is 0 Å². The Morgan fingerprint density at radius 2 is 1.70 bits per heavy atom. The van der Waals surface area contributed by atoms with E-state index in [-0.39, 0.29) is 23.0 Å². The molecule has 0 N–H and O–H groups in total. The first-order valence-corrected chi connectivity index (χ1v) is 11.3. The average molecular weight is 461 g/mol. The molecule has 1 fully saturated rings. The molecule has 0 saturated carbocycles. The summed E-state index contributed by atoms with van der Waals surface area (Å²) in [6.45, 7) is 14.3. The molecule has 1 heterocycles. The second-order valence-electron chi connectivity index (χ2n) is 10.4. The summed E-state index contributed by atoms with van der Waals surface area (Å²) in [5.41, 5.74) is 1.21. The lowest BCUT2D eigenvalue weighted by Crippen LogP contribution is -2.37. The number of hydrogen-bond acceptors (Lipinski definition) is 4. The third-order valence-electron chi connectivity index (χ3n) is 7.11. The highest BCUT2D eigenvalue weighted by Gasteiger charge is 2.54. The van der Waals surface area contributed by atoms with Gasteiger partial charge in [0.1, 0.15) is 0 Å². The zero-order chi connectivity index (χ0) is 24.7. The number of ether oxygens (including phenoxy) is 3. The van der Waals surface area contributed by atoms with Crippen molar-refractivity contribution in [2.45, 2.75) is 71.7 Å². The van der Waals surface area contributed by atoms with Crippen molar-refractivity contribution in [3.63, 3.8) is 0 Å². The van der Waals surface area contributed by atoms with Crippen LogP contribution in [0.3, 0.4) is 0 Å². The molecule has 0 bridgehead atoms. The monoisotopic (exact) mass is 460 g/mol. The van der Waals surface area contributed by atoms with E-state index in [9.17, 15) is 13.6 Å². The number of esters is 1. The third-order valence-corrected chi connectivity index (χ3v) is 7.11. The minimum Gasteiger partial charge on any atom is -0.493 e.